The van der Waals surface area contributed by atoms with Crippen LogP contribution in [0.5, 0.6) is 5.75 Å². The zero-order valence-electron chi connectivity index (χ0n) is 14.2. The third kappa shape index (κ3) is 3.26. The largest absolute Gasteiger partial charge is 0.494 e. The monoisotopic (exact) mass is 327 g/mol. The van der Waals surface area contributed by atoms with E-state index in [0.717, 1.165) is 48.6 Å². The fourth-order valence-electron chi connectivity index (χ4n) is 3.60. The second-order valence-corrected chi connectivity index (χ2v) is 6.88. The van der Waals surface area contributed by atoms with Crippen molar-refractivity contribution in [1.29, 1.82) is 0 Å². The number of aromatic nitrogens is 1. The lowest BCUT2D eigenvalue weighted by Crippen LogP contribution is -2.45. The third-order valence-electron chi connectivity index (χ3n) is 5.08. The molecule has 0 bridgehead atoms. The molecule has 0 unspecified atom stereocenters. The number of hydrogen-bond acceptors (Lipinski definition) is 3. The van der Waals surface area contributed by atoms with Gasteiger partial charge in [0, 0.05) is 42.1 Å². The maximum absolute atomic E-state index is 12.5. The Morgan fingerprint density at radius 1 is 1.25 bits per heavy atom. The summed E-state index contributed by atoms with van der Waals surface area (Å²) < 4.78 is 5.51. The molecule has 1 aliphatic heterocycles. The van der Waals surface area contributed by atoms with Crippen LogP contribution in [0.4, 0.5) is 0 Å². The van der Waals surface area contributed by atoms with Crippen molar-refractivity contribution in [3.63, 3.8) is 0 Å². The van der Waals surface area contributed by atoms with Gasteiger partial charge >= 0.3 is 0 Å². The number of likely N-dealkylation sites (tertiary alicyclic amines) is 1. The highest BCUT2D eigenvalue weighted by atomic mass is 16.5. The van der Waals surface area contributed by atoms with Crippen LogP contribution in [0.25, 0.3) is 10.9 Å². The molecule has 1 saturated carbocycles. The minimum Gasteiger partial charge on any atom is -0.494 e. The molecule has 1 aliphatic carbocycles. The van der Waals surface area contributed by atoms with E-state index in [1.165, 1.54) is 12.8 Å². The van der Waals surface area contributed by atoms with E-state index < -0.39 is 0 Å². The molecule has 1 aromatic heterocycles. The van der Waals surface area contributed by atoms with Gasteiger partial charge in [0.25, 0.3) is 5.91 Å². The molecule has 0 atom stereocenters. The van der Waals surface area contributed by atoms with E-state index in [0.29, 0.717) is 12.3 Å². The summed E-state index contributed by atoms with van der Waals surface area (Å²) in [5.41, 5.74) is 1.57. The molecule has 0 radical (unpaired) electrons. The van der Waals surface area contributed by atoms with E-state index in [4.69, 9.17) is 4.74 Å². The van der Waals surface area contributed by atoms with Crippen LogP contribution in [0, 0.1) is 0 Å². The van der Waals surface area contributed by atoms with Crippen LogP contribution in [0.15, 0.2) is 24.3 Å². The van der Waals surface area contributed by atoms with Gasteiger partial charge in [0.05, 0.1) is 6.61 Å². The minimum atomic E-state index is -0.00553. The van der Waals surface area contributed by atoms with Crippen molar-refractivity contribution in [2.75, 3.05) is 19.7 Å². The van der Waals surface area contributed by atoms with Crippen LogP contribution in [-0.4, -0.2) is 47.6 Å². The Kier molecular flexibility index (Phi) is 4.19. The van der Waals surface area contributed by atoms with E-state index in [9.17, 15) is 4.79 Å². The number of fused-ring (bicyclic) bond motifs is 1. The average Bonchev–Trinajstić information content (AvgIpc) is 3.35. The smallest absolute Gasteiger partial charge is 0.267 e. The Hall–Kier alpha value is -2.01. The molecule has 2 N–H and O–H groups in total. The van der Waals surface area contributed by atoms with Gasteiger partial charge in [-0.2, -0.15) is 0 Å². The standard InChI is InChI=1S/C19H25N3O2/c1-2-24-16-6-3-13-11-18(21-17(13)12-16)19(23)20-14-7-9-22(10-8-14)15-4-5-15/h3,6,11-12,14-15,21H,2,4-5,7-10H2,1H3,(H,20,23). The number of H-pyrrole nitrogens is 1. The van der Waals surface area contributed by atoms with Crippen molar-refractivity contribution in [1.82, 2.24) is 15.2 Å². The summed E-state index contributed by atoms with van der Waals surface area (Å²) in [4.78, 5) is 18.3. The van der Waals surface area contributed by atoms with Crippen molar-refractivity contribution in [3.05, 3.63) is 30.0 Å². The van der Waals surface area contributed by atoms with E-state index in [1.54, 1.807) is 0 Å². The predicted molar refractivity (Wildman–Crippen MR) is 94.6 cm³/mol. The normalized spacial score (nSPS) is 19.5. The lowest BCUT2D eigenvalue weighted by Gasteiger charge is -2.32. The van der Waals surface area contributed by atoms with Gasteiger partial charge in [-0.3, -0.25) is 4.79 Å². The van der Waals surface area contributed by atoms with Gasteiger partial charge in [-0.1, -0.05) is 0 Å². The minimum absolute atomic E-state index is 0.00553. The van der Waals surface area contributed by atoms with Gasteiger partial charge in [-0.15, -0.1) is 0 Å². The third-order valence-corrected chi connectivity index (χ3v) is 5.08. The van der Waals surface area contributed by atoms with Crippen LogP contribution in [0.3, 0.4) is 0 Å². The zero-order valence-corrected chi connectivity index (χ0v) is 14.2. The molecule has 2 heterocycles. The molecule has 2 aromatic rings. The van der Waals surface area contributed by atoms with Crippen molar-refractivity contribution >= 4 is 16.8 Å². The van der Waals surface area contributed by atoms with E-state index in [1.807, 2.05) is 31.2 Å². The van der Waals surface area contributed by atoms with Crippen molar-refractivity contribution in [2.45, 2.75) is 44.7 Å². The van der Waals surface area contributed by atoms with E-state index in [2.05, 4.69) is 15.2 Å². The molecule has 5 heteroatoms. The fraction of sp³-hybridized carbons (Fsp3) is 0.526. The summed E-state index contributed by atoms with van der Waals surface area (Å²) in [6, 6.07) is 8.91. The highest BCUT2D eigenvalue weighted by Crippen LogP contribution is 2.29. The highest BCUT2D eigenvalue weighted by Gasteiger charge is 2.32. The Labute approximate surface area is 142 Å². The van der Waals surface area contributed by atoms with Gasteiger partial charge in [0.15, 0.2) is 0 Å². The number of nitrogens with zero attached hydrogens (tertiary/aromatic N) is 1. The number of rotatable bonds is 5. The number of piperidine rings is 1. The lowest BCUT2D eigenvalue weighted by molar-refractivity contribution is 0.0905. The Morgan fingerprint density at radius 2 is 2.04 bits per heavy atom. The average molecular weight is 327 g/mol. The van der Waals surface area contributed by atoms with Gasteiger partial charge in [0.1, 0.15) is 11.4 Å². The number of benzene rings is 1. The second-order valence-electron chi connectivity index (χ2n) is 6.88. The molecule has 5 nitrogen and oxygen atoms in total. The SMILES string of the molecule is CCOc1ccc2cc(C(=O)NC3CCN(C4CC4)CC3)[nH]c2c1. The molecular formula is C19H25N3O2. The summed E-state index contributed by atoms with van der Waals surface area (Å²) in [6.45, 7) is 4.82. The Bertz CT molecular complexity index is 727. The molecule has 1 saturated heterocycles. The van der Waals surface area contributed by atoms with Crippen LogP contribution in [-0.2, 0) is 0 Å². The Balaban J connectivity index is 1.39. The number of ether oxygens (including phenoxy) is 1. The van der Waals surface area contributed by atoms with Crippen LogP contribution < -0.4 is 10.1 Å². The zero-order chi connectivity index (χ0) is 16.5. The molecule has 1 aromatic carbocycles. The quantitative estimate of drug-likeness (QED) is 0.888. The topological polar surface area (TPSA) is 57.4 Å². The maximum Gasteiger partial charge on any atom is 0.267 e. The van der Waals surface area contributed by atoms with Crippen molar-refractivity contribution in [2.24, 2.45) is 0 Å². The molecule has 2 fully saturated rings. The maximum atomic E-state index is 12.5. The van der Waals surface area contributed by atoms with Gasteiger partial charge in [-0.05, 0) is 50.8 Å². The second kappa shape index (κ2) is 6.48. The lowest BCUT2D eigenvalue weighted by atomic mass is 10.0. The van der Waals surface area contributed by atoms with Crippen LogP contribution in [0.2, 0.25) is 0 Å². The number of nitrogens with one attached hydrogen (secondary N) is 2. The van der Waals surface area contributed by atoms with Gasteiger partial charge < -0.3 is 19.9 Å². The molecule has 4 rings (SSSR count). The number of amides is 1. The van der Waals surface area contributed by atoms with Crippen molar-refractivity contribution < 1.29 is 9.53 Å². The first kappa shape index (κ1) is 15.5. The predicted octanol–water partition coefficient (Wildman–Crippen LogP) is 2.92. The summed E-state index contributed by atoms with van der Waals surface area (Å²) in [7, 11) is 0. The first-order valence-corrected chi connectivity index (χ1v) is 9.03. The molecule has 1 amide bonds. The molecule has 24 heavy (non-hydrogen) atoms. The Morgan fingerprint density at radius 3 is 2.75 bits per heavy atom. The molecular weight excluding hydrogens is 302 g/mol. The fourth-order valence-corrected chi connectivity index (χ4v) is 3.60. The van der Waals surface area contributed by atoms with Gasteiger partial charge in [0.2, 0.25) is 0 Å². The summed E-state index contributed by atoms with van der Waals surface area (Å²) >= 11 is 0. The number of aromatic amines is 1. The summed E-state index contributed by atoms with van der Waals surface area (Å²) in [5.74, 6) is 0.820. The van der Waals surface area contributed by atoms with Crippen LogP contribution >= 0.6 is 0 Å². The first-order valence-electron chi connectivity index (χ1n) is 9.03. The summed E-state index contributed by atoms with van der Waals surface area (Å²) in [5, 5.41) is 4.22. The summed E-state index contributed by atoms with van der Waals surface area (Å²) in [6.07, 6.45) is 4.82. The van der Waals surface area contributed by atoms with Gasteiger partial charge in [-0.25, -0.2) is 0 Å². The number of carbonyl (C=O) groups is 1. The number of carbonyl (C=O) groups excluding carboxylic acids is 1. The molecule has 2 aliphatic rings. The van der Waals surface area contributed by atoms with E-state index in [-0.39, 0.29) is 11.9 Å². The number of hydrogen-bond donors (Lipinski definition) is 2. The van der Waals surface area contributed by atoms with Crippen LogP contribution in [0.1, 0.15) is 43.1 Å². The van der Waals surface area contributed by atoms with E-state index >= 15 is 0 Å². The highest BCUT2D eigenvalue weighted by molar-refractivity contribution is 5.98. The van der Waals surface area contributed by atoms with Crippen molar-refractivity contribution in [3.8, 4) is 5.75 Å². The first-order chi connectivity index (χ1) is 11.7. The molecule has 128 valence electrons. The molecule has 0 spiro atoms.